The number of ether oxygens (including phenoxy) is 2. The van der Waals surface area contributed by atoms with Gasteiger partial charge in [0.2, 0.25) is 0 Å². The van der Waals surface area contributed by atoms with E-state index in [0.29, 0.717) is 6.61 Å². The highest BCUT2D eigenvalue weighted by Gasteiger charge is 2.12. The summed E-state index contributed by atoms with van der Waals surface area (Å²) in [5.74, 6) is 1.58. The van der Waals surface area contributed by atoms with E-state index in [4.69, 9.17) is 9.47 Å². The Morgan fingerprint density at radius 2 is 1.91 bits per heavy atom. The van der Waals surface area contributed by atoms with Gasteiger partial charge in [0, 0.05) is 17.8 Å². The van der Waals surface area contributed by atoms with E-state index in [1.807, 2.05) is 19.1 Å². The van der Waals surface area contributed by atoms with Gasteiger partial charge in [-0.2, -0.15) is 0 Å². The molecule has 0 bridgehead atoms. The van der Waals surface area contributed by atoms with Crippen molar-refractivity contribution in [3.8, 4) is 11.5 Å². The smallest absolute Gasteiger partial charge is 0.164 e. The molecule has 0 amide bonds. The van der Waals surface area contributed by atoms with Crippen LogP contribution in [0.15, 0.2) is 49.1 Å². The van der Waals surface area contributed by atoms with E-state index in [2.05, 4.69) is 49.2 Å². The highest BCUT2D eigenvalue weighted by molar-refractivity contribution is 5.52. The lowest BCUT2D eigenvalue weighted by Crippen LogP contribution is -2.04. The maximum Gasteiger partial charge on any atom is 0.164 e. The Balaban J connectivity index is 2.22. The molecule has 0 spiro atoms. The van der Waals surface area contributed by atoms with Crippen LogP contribution in [0.25, 0.3) is 0 Å². The topological polar surface area (TPSA) is 30.5 Å². The zero-order valence-corrected chi connectivity index (χ0v) is 14.2. The molecule has 3 heteroatoms. The van der Waals surface area contributed by atoms with Crippen LogP contribution in [0, 0.1) is 6.92 Å². The van der Waals surface area contributed by atoms with E-state index in [1.54, 1.807) is 7.11 Å². The number of rotatable bonds is 8. The third kappa shape index (κ3) is 4.52. The predicted molar refractivity (Wildman–Crippen MR) is 96.6 cm³/mol. The quantitative estimate of drug-likeness (QED) is 0.714. The molecule has 0 aromatic heterocycles. The van der Waals surface area contributed by atoms with Crippen LogP contribution >= 0.6 is 0 Å². The fourth-order valence-corrected chi connectivity index (χ4v) is 2.47. The summed E-state index contributed by atoms with van der Waals surface area (Å²) in [5.41, 5.74) is 4.62. The summed E-state index contributed by atoms with van der Waals surface area (Å²) < 4.78 is 11.3. The van der Waals surface area contributed by atoms with E-state index in [9.17, 15) is 0 Å². The second kappa shape index (κ2) is 8.28. The molecule has 0 heterocycles. The minimum absolute atomic E-state index is 0.613. The maximum atomic E-state index is 5.75. The largest absolute Gasteiger partial charge is 0.493 e. The van der Waals surface area contributed by atoms with Crippen molar-refractivity contribution in [2.75, 3.05) is 19.0 Å². The second-order valence-electron chi connectivity index (χ2n) is 5.43. The SMILES string of the molecule is C=CCc1cc(CNc2ccc(C)cc2)cc(OC)c1OCC. The van der Waals surface area contributed by atoms with Gasteiger partial charge in [0.15, 0.2) is 11.5 Å². The van der Waals surface area contributed by atoms with Gasteiger partial charge < -0.3 is 14.8 Å². The summed E-state index contributed by atoms with van der Waals surface area (Å²) in [6.07, 6.45) is 2.64. The summed E-state index contributed by atoms with van der Waals surface area (Å²) in [6.45, 7) is 9.24. The molecule has 0 saturated heterocycles. The molecule has 0 aliphatic heterocycles. The van der Waals surface area contributed by atoms with Crippen molar-refractivity contribution in [3.63, 3.8) is 0 Å². The molecule has 23 heavy (non-hydrogen) atoms. The van der Waals surface area contributed by atoms with E-state index in [0.717, 1.165) is 41.3 Å². The minimum Gasteiger partial charge on any atom is -0.493 e. The average molecular weight is 311 g/mol. The number of nitrogens with one attached hydrogen (secondary N) is 1. The highest BCUT2D eigenvalue weighted by atomic mass is 16.5. The van der Waals surface area contributed by atoms with Gasteiger partial charge in [0.05, 0.1) is 13.7 Å². The van der Waals surface area contributed by atoms with Gasteiger partial charge in [-0.3, -0.25) is 0 Å². The predicted octanol–water partition coefficient (Wildman–Crippen LogP) is 4.74. The Morgan fingerprint density at radius 3 is 2.52 bits per heavy atom. The van der Waals surface area contributed by atoms with E-state index >= 15 is 0 Å². The fourth-order valence-electron chi connectivity index (χ4n) is 2.47. The van der Waals surface area contributed by atoms with Crippen LogP contribution in [0.5, 0.6) is 11.5 Å². The third-order valence-corrected chi connectivity index (χ3v) is 3.61. The highest BCUT2D eigenvalue weighted by Crippen LogP contribution is 2.33. The first-order chi connectivity index (χ1) is 11.2. The van der Waals surface area contributed by atoms with E-state index < -0.39 is 0 Å². The Morgan fingerprint density at radius 1 is 1.17 bits per heavy atom. The fraction of sp³-hybridized carbons (Fsp3) is 0.300. The van der Waals surface area contributed by atoms with Crippen molar-refractivity contribution in [3.05, 3.63) is 65.7 Å². The van der Waals surface area contributed by atoms with Gasteiger partial charge in [-0.05, 0) is 50.1 Å². The van der Waals surface area contributed by atoms with Crippen molar-refractivity contribution in [1.82, 2.24) is 0 Å². The summed E-state index contributed by atoms with van der Waals surface area (Å²) in [6, 6.07) is 12.6. The van der Waals surface area contributed by atoms with Crippen molar-refractivity contribution in [2.45, 2.75) is 26.8 Å². The summed E-state index contributed by atoms with van der Waals surface area (Å²) in [4.78, 5) is 0. The molecule has 0 unspecified atom stereocenters. The van der Waals surface area contributed by atoms with E-state index in [1.165, 1.54) is 5.56 Å². The average Bonchev–Trinajstić information content (AvgIpc) is 2.56. The van der Waals surface area contributed by atoms with Gasteiger partial charge in [0.25, 0.3) is 0 Å². The van der Waals surface area contributed by atoms with Crippen molar-refractivity contribution in [1.29, 1.82) is 0 Å². The molecule has 3 nitrogen and oxygen atoms in total. The zero-order valence-electron chi connectivity index (χ0n) is 14.2. The van der Waals surface area contributed by atoms with Gasteiger partial charge in [-0.15, -0.1) is 6.58 Å². The van der Waals surface area contributed by atoms with Crippen LogP contribution in [0.3, 0.4) is 0 Å². The van der Waals surface area contributed by atoms with Crippen LogP contribution in [-0.4, -0.2) is 13.7 Å². The number of benzene rings is 2. The number of aryl methyl sites for hydroxylation is 1. The third-order valence-electron chi connectivity index (χ3n) is 3.61. The lowest BCUT2D eigenvalue weighted by atomic mass is 10.1. The molecular formula is C20H25NO2. The molecule has 2 rings (SSSR count). The lowest BCUT2D eigenvalue weighted by molar-refractivity contribution is 0.308. The van der Waals surface area contributed by atoms with Crippen LogP contribution in [-0.2, 0) is 13.0 Å². The van der Waals surface area contributed by atoms with Crippen LogP contribution in [0.1, 0.15) is 23.6 Å². The first kappa shape index (κ1) is 16.9. The molecule has 2 aromatic rings. The first-order valence-corrected chi connectivity index (χ1v) is 7.92. The number of hydrogen-bond donors (Lipinski definition) is 1. The number of hydrogen-bond acceptors (Lipinski definition) is 3. The molecule has 0 fully saturated rings. The summed E-state index contributed by atoms with van der Waals surface area (Å²) >= 11 is 0. The maximum absolute atomic E-state index is 5.75. The Hall–Kier alpha value is -2.42. The first-order valence-electron chi connectivity index (χ1n) is 7.92. The van der Waals surface area contributed by atoms with Crippen molar-refractivity contribution < 1.29 is 9.47 Å². The van der Waals surface area contributed by atoms with Gasteiger partial charge in [0.1, 0.15) is 0 Å². The summed E-state index contributed by atoms with van der Waals surface area (Å²) in [7, 11) is 1.67. The Bertz CT molecular complexity index is 647. The monoisotopic (exact) mass is 311 g/mol. The molecule has 0 aliphatic carbocycles. The number of anilines is 1. The molecule has 1 N–H and O–H groups in total. The zero-order chi connectivity index (χ0) is 16.7. The molecule has 0 radical (unpaired) electrons. The molecule has 0 atom stereocenters. The molecule has 2 aromatic carbocycles. The van der Waals surface area contributed by atoms with Crippen LogP contribution in [0.2, 0.25) is 0 Å². The minimum atomic E-state index is 0.613. The van der Waals surface area contributed by atoms with E-state index in [-0.39, 0.29) is 0 Å². The summed E-state index contributed by atoms with van der Waals surface area (Å²) in [5, 5.41) is 3.44. The van der Waals surface area contributed by atoms with Gasteiger partial charge in [-0.25, -0.2) is 0 Å². The second-order valence-corrected chi connectivity index (χ2v) is 5.43. The van der Waals surface area contributed by atoms with Gasteiger partial charge in [-0.1, -0.05) is 23.8 Å². The number of allylic oxidation sites excluding steroid dienone is 1. The van der Waals surface area contributed by atoms with Crippen molar-refractivity contribution in [2.24, 2.45) is 0 Å². The van der Waals surface area contributed by atoms with Crippen molar-refractivity contribution >= 4 is 5.69 Å². The van der Waals surface area contributed by atoms with Gasteiger partial charge >= 0.3 is 0 Å². The Kier molecular flexibility index (Phi) is 6.10. The molecule has 0 saturated carbocycles. The molecule has 0 aliphatic rings. The lowest BCUT2D eigenvalue weighted by Gasteiger charge is -2.16. The Labute approximate surface area is 138 Å². The number of methoxy groups -OCH3 is 1. The van der Waals surface area contributed by atoms with Crippen LogP contribution in [0.4, 0.5) is 5.69 Å². The molecular weight excluding hydrogens is 286 g/mol. The normalized spacial score (nSPS) is 10.2. The van der Waals surface area contributed by atoms with Crippen LogP contribution < -0.4 is 14.8 Å². The standard InChI is InChI=1S/C20H25NO2/c1-5-7-17-12-16(13-19(22-4)20(17)23-6-2)14-21-18-10-8-15(3)9-11-18/h5,8-13,21H,1,6-7,14H2,2-4H3. The molecule has 122 valence electrons.